The molecule has 4 rings (SSSR count). The van der Waals surface area contributed by atoms with Gasteiger partial charge in [-0.2, -0.15) is 8.78 Å². The first kappa shape index (κ1) is 20.2. The summed E-state index contributed by atoms with van der Waals surface area (Å²) in [6.07, 6.45) is -0.713. The van der Waals surface area contributed by atoms with Gasteiger partial charge < -0.3 is 9.47 Å². The first-order chi connectivity index (χ1) is 14.2. The summed E-state index contributed by atoms with van der Waals surface area (Å²) >= 11 is 0. The second-order valence-corrected chi connectivity index (χ2v) is 8.40. The molecule has 0 saturated carbocycles. The average molecular weight is 435 g/mol. The molecule has 156 valence electrons. The van der Waals surface area contributed by atoms with Gasteiger partial charge in [0.2, 0.25) is 10.0 Å². The third-order valence-electron chi connectivity index (χ3n) is 4.66. The minimum Gasteiger partial charge on any atom is -0.480 e. The number of ether oxygens (including phenoxy) is 2. The maximum absolute atomic E-state index is 13.4. The van der Waals surface area contributed by atoms with Crippen LogP contribution in [0.25, 0.3) is 11.1 Å². The van der Waals surface area contributed by atoms with Crippen molar-refractivity contribution in [1.82, 2.24) is 0 Å². The van der Waals surface area contributed by atoms with Gasteiger partial charge in [0.15, 0.2) is 0 Å². The number of benzene rings is 3. The van der Waals surface area contributed by atoms with Gasteiger partial charge in [0.25, 0.3) is 0 Å². The molecule has 1 aliphatic rings. The van der Waals surface area contributed by atoms with E-state index in [0.29, 0.717) is 33.6 Å². The highest BCUT2D eigenvalue weighted by Gasteiger charge is 2.31. The van der Waals surface area contributed by atoms with Gasteiger partial charge >= 0.3 is 6.61 Å². The van der Waals surface area contributed by atoms with Gasteiger partial charge in [0.1, 0.15) is 23.4 Å². The van der Waals surface area contributed by atoms with Gasteiger partial charge in [0.05, 0.1) is 11.3 Å². The first-order valence-corrected chi connectivity index (χ1v) is 10.6. The highest BCUT2D eigenvalue weighted by molar-refractivity contribution is 7.88. The Labute approximate surface area is 170 Å². The Kier molecular flexibility index (Phi) is 5.17. The molecule has 30 heavy (non-hydrogen) atoms. The van der Waals surface area contributed by atoms with Gasteiger partial charge in [-0.3, -0.25) is 0 Å². The Morgan fingerprint density at radius 1 is 1.07 bits per heavy atom. The fourth-order valence-electron chi connectivity index (χ4n) is 3.52. The van der Waals surface area contributed by atoms with Crippen LogP contribution in [0.1, 0.15) is 22.8 Å². The Hall–Kier alpha value is -3.04. The highest BCUT2D eigenvalue weighted by Crippen LogP contribution is 2.49. The predicted octanol–water partition coefficient (Wildman–Crippen LogP) is 4.36. The van der Waals surface area contributed by atoms with Crippen LogP contribution in [0.3, 0.4) is 0 Å². The number of hydrogen-bond donors (Lipinski definition) is 1. The van der Waals surface area contributed by atoms with E-state index in [0.717, 1.165) is 0 Å². The highest BCUT2D eigenvalue weighted by atomic mass is 32.2. The topological polar surface area (TPSA) is 78.6 Å². The van der Waals surface area contributed by atoms with Crippen LogP contribution in [0.2, 0.25) is 0 Å². The third-order valence-corrected chi connectivity index (χ3v) is 5.39. The molecule has 1 heterocycles. The van der Waals surface area contributed by atoms with Crippen molar-refractivity contribution in [3.05, 3.63) is 83.2 Å². The van der Waals surface area contributed by atoms with Crippen LogP contribution in [0, 0.1) is 5.82 Å². The second kappa shape index (κ2) is 7.66. The molecule has 0 saturated heterocycles. The van der Waals surface area contributed by atoms with E-state index in [-0.39, 0.29) is 5.75 Å². The summed E-state index contributed by atoms with van der Waals surface area (Å²) in [7, 11) is -3.79. The van der Waals surface area contributed by atoms with E-state index in [1.54, 1.807) is 36.4 Å². The molecule has 3 aromatic rings. The predicted molar refractivity (Wildman–Crippen MR) is 104 cm³/mol. The number of alkyl halides is 2. The number of hydrogen-bond acceptors (Lipinski definition) is 4. The molecule has 3 aromatic carbocycles. The summed E-state index contributed by atoms with van der Waals surface area (Å²) in [5, 5.41) is 5.16. The molecule has 1 unspecified atom stereocenters. The fourth-order valence-corrected chi connectivity index (χ4v) is 4.17. The van der Waals surface area contributed by atoms with Crippen molar-refractivity contribution in [3.63, 3.8) is 0 Å². The monoisotopic (exact) mass is 435 g/mol. The van der Waals surface area contributed by atoms with Crippen molar-refractivity contribution in [1.29, 1.82) is 0 Å². The van der Waals surface area contributed by atoms with Crippen LogP contribution in [0.5, 0.6) is 11.5 Å². The van der Waals surface area contributed by atoms with E-state index in [4.69, 9.17) is 9.88 Å². The van der Waals surface area contributed by atoms with E-state index in [2.05, 4.69) is 4.74 Å². The number of halogens is 3. The Morgan fingerprint density at radius 2 is 1.80 bits per heavy atom. The van der Waals surface area contributed by atoms with Crippen LogP contribution >= 0.6 is 0 Å². The average Bonchev–Trinajstić information content (AvgIpc) is 2.66. The minimum atomic E-state index is -3.79. The van der Waals surface area contributed by atoms with E-state index < -0.39 is 34.3 Å². The largest absolute Gasteiger partial charge is 0.480 e. The molecule has 0 bridgehead atoms. The molecule has 0 amide bonds. The smallest absolute Gasteiger partial charge is 0.387 e. The van der Waals surface area contributed by atoms with Crippen LogP contribution < -0.4 is 14.6 Å². The van der Waals surface area contributed by atoms with Gasteiger partial charge in [-0.15, -0.1) is 0 Å². The summed E-state index contributed by atoms with van der Waals surface area (Å²) in [6.45, 7) is -3.03. The van der Waals surface area contributed by atoms with E-state index in [1.165, 1.54) is 24.3 Å². The van der Waals surface area contributed by atoms with E-state index in [1.807, 2.05) is 0 Å². The lowest BCUT2D eigenvalue weighted by molar-refractivity contribution is -0.0496. The van der Waals surface area contributed by atoms with Crippen molar-refractivity contribution in [2.45, 2.75) is 18.5 Å². The number of sulfonamides is 1. The maximum Gasteiger partial charge on any atom is 0.387 e. The zero-order valence-corrected chi connectivity index (χ0v) is 16.2. The zero-order chi connectivity index (χ0) is 21.5. The van der Waals surface area contributed by atoms with Gasteiger partial charge in [-0.05, 0) is 41.0 Å². The summed E-state index contributed by atoms with van der Waals surface area (Å²) in [6, 6.07) is 14.9. The fraction of sp³-hybridized carbons (Fsp3) is 0.143. The Balaban J connectivity index is 1.90. The molecule has 0 spiro atoms. The quantitative estimate of drug-likeness (QED) is 0.646. The van der Waals surface area contributed by atoms with Crippen LogP contribution in [-0.2, 0) is 15.8 Å². The van der Waals surface area contributed by atoms with Crippen LogP contribution in [0.15, 0.2) is 60.7 Å². The van der Waals surface area contributed by atoms with Crippen molar-refractivity contribution in [2.75, 3.05) is 0 Å². The normalized spacial score (nSPS) is 15.3. The molecule has 0 aliphatic carbocycles. The Morgan fingerprint density at radius 3 is 2.47 bits per heavy atom. The second-order valence-electron chi connectivity index (χ2n) is 6.79. The lowest BCUT2D eigenvalue weighted by atomic mass is 9.88. The number of rotatable bonds is 5. The van der Waals surface area contributed by atoms with Crippen molar-refractivity contribution >= 4 is 10.0 Å². The standard InChI is InChI=1S/C21H16F3NO4S/c22-14-7-5-13(6-8-14)20-16-10-12(11-30(25,26)27)4-9-15(16)19-17(28-20)2-1-3-18(19)29-21(23)24/h1-10,20-21H,11H2,(H2,25,26,27). The number of fused-ring (bicyclic) bond motifs is 3. The third kappa shape index (κ3) is 4.12. The number of primary sulfonamides is 1. The SMILES string of the molecule is NS(=O)(=O)Cc1ccc2c(c1)C(c1ccc(F)cc1)Oc1cccc(OC(F)F)c1-2. The first-order valence-electron chi connectivity index (χ1n) is 8.85. The molecule has 1 aliphatic heterocycles. The maximum atomic E-state index is 13.4. The summed E-state index contributed by atoms with van der Waals surface area (Å²) < 4.78 is 73.0. The molecule has 1 atom stereocenters. The molecule has 9 heteroatoms. The minimum absolute atomic E-state index is 0.0690. The molecule has 0 aromatic heterocycles. The van der Waals surface area contributed by atoms with Gasteiger partial charge in [-0.1, -0.05) is 36.4 Å². The van der Waals surface area contributed by atoms with E-state index in [9.17, 15) is 21.6 Å². The van der Waals surface area contributed by atoms with Crippen molar-refractivity contribution in [2.24, 2.45) is 5.14 Å². The molecule has 2 N–H and O–H groups in total. The summed E-state index contributed by atoms with van der Waals surface area (Å²) in [5.41, 5.74) is 2.41. The molecular weight excluding hydrogens is 419 g/mol. The van der Waals surface area contributed by atoms with Crippen molar-refractivity contribution < 1.29 is 31.1 Å². The molecule has 0 radical (unpaired) electrons. The van der Waals surface area contributed by atoms with E-state index >= 15 is 0 Å². The summed E-state index contributed by atoms with van der Waals surface area (Å²) in [5.74, 6) is -0.584. The van der Waals surface area contributed by atoms with Gasteiger partial charge in [0, 0.05) is 5.56 Å². The molecular formula is C21H16F3NO4S. The van der Waals surface area contributed by atoms with Gasteiger partial charge in [-0.25, -0.2) is 17.9 Å². The lowest BCUT2D eigenvalue weighted by Crippen LogP contribution is -2.18. The van der Waals surface area contributed by atoms with Crippen LogP contribution in [-0.4, -0.2) is 15.0 Å². The lowest BCUT2D eigenvalue weighted by Gasteiger charge is -2.30. The van der Waals surface area contributed by atoms with Crippen LogP contribution in [0.4, 0.5) is 13.2 Å². The zero-order valence-electron chi connectivity index (χ0n) is 15.4. The summed E-state index contributed by atoms with van der Waals surface area (Å²) in [4.78, 5) is 0. The van der Waals surface area contributed by atoms with Crippen molar-refractivity contribution in [3.8, 4) is 22.6 Å². The number of nitrogens with two attached hydrogens (primary N) is 1. The molecule has 0 fully saturated rings. The Bertz CT molecular complexity index is 1200. The molecule has 5 nitrogen and oxygen atoms in total.